The molecule has 4 aromatic rings. The first-order valence-electron chi connectivity index (χ1n) is 11.1. The predicted molar refractivity (Wildman–Crippen MR) is 134 cm³/mol. The van der Waals surface area contributed by atoms with Gasteiger partial charge >= 0.3 is 6.03 Å². The molecular weight excluding hydrogens is 464 g/mol. The first-order chi connectivity index (χ1) is 17.1. The molecule has 1 saturated carbocycles. The summed E-state index contributed by atoms with van der Waals surface area (Å²) in [5, 5.41) is 5.85. The minimum Gasteiger partial charge on any atom is -0.457 e. The topological polar surface area (TPSA) is 102 Å². The predicted octanol–water partition coefficient (Wildman–Crippen LogP) is 4.26. The van der Waals surface area contributed by atoms with E-state index in [-0.39, 0.29) is 17.4 Å². The quantitative estimate of drug-likeness (QED) is 0.299. The van der Waals surface area contributed by atoms with Crippen LogP contribution in [0.15, 0.2) is 88.8 Å². The Kier molecular flexibility index (Phi) is 6.49. The summed E-state index contributed by atoms with van der Waals surface area (Å²) in [6, 6.07) is 23.2. The van der Waals surface area contributed by atoms with Crippen molar-refractivity contribution in [2.45, 2.75) is 24.0 Å². The lowest BCUT2D eigenvalue weighted by Gasteiger charge is -2.14. The molecule has 8 nitrogen and oxygen atoms in total. The Hall–Kier alpha value is -4.11. The van der Waals surface area contributed by atoms with Gasteiger partial charge in [-0.2, -0.15) is 0 Å². The Morgan fingerprint density at radius 3 is 2.37 bits per heavy atom. The number of aromatic nitrogens is 2. The fourth-order valence-corrected chi connectivity index (χ4v) is 4.28. The molecule has 0 atom stereocenters. The Balaban J connectivity index is 1.40. The summed E-state index contributed by atoms with van der Waals surface area (Å²) in [5.41, 5.74) is 0.872. The number of para-hydroxylation sites is 2. The number of nitrogens with one attached hydrogen (secondary N) is 2. The number of amides is 3. The van der Waals surface area contributed by atoms with Crippen LogP contribution in [0.25, 0.3) is 16.6 Å². The van der Waals surface area contributed by atoms with Gasteiger partial charge in [0.25, 0.3) is 5.56 Å². The zero-order valence-electron chi connectivity index (χ0n) is 18.6. The van der Waals surface area contributed by atoms with Crippen LogP contribution in [-0.4, -0.2) is 33.3 Å². The molecule has 2 N–H and O–H groups in total. The van der Waals surface area contributed by atoms with E-state index >= 15 is 0 Å². The van der Waals surface area contributed by atoms with Gasteiger partial charge in [-0.25, -0.2) is 9.78 Å². The summed E-state index contributed by atoms with van der Waals surface area (Å²) >= 11 is 1.09. The highest BCUT2D eigenvalue weighted by Crippen LogP contribution is 2.25. The molecule has 1 heterocycles. The smallest absolute Gasteiger partial charge is 0.321 e. The van der Waals surface area contributed by atoms with Crippen molar-refractivity contribution < 1.29 is 14.3 Å². The highest BCUT2D eigenvalue weighted by Gasteiger charge is 2.24. The maximum absolute atomic E-state index is 13.4. The third-order valence-electron chi connectivity index (χ3n) is 5.32. The molecule has 5 rings (SSSR count). The summed E-state index contributed by atoms with van der Waals surface area (Å²) < 4.78 is 7.32. The zero-order valence-corrected chi connectivity index (χ0v) is 19.5. The second kappa shape index (κ2) is 10.0. The van der Waals surface area contributed by atoms with E-state index in [2.05, 4.69) is 15.6 Å². The van der Waals surface area contributed by atoms with Gasteiger partial charge in [0, 0.05) is 6.04 Å². The van der Waals surface area contributed by atoms with Crippen LogP contribution in [0.4, 0.5) is 4.79 Å². The van der Waals surface area contributed by atoms with Crippen LogP contribution in [0.1, 0.15) is 12.8 Å². The van der Waals surface area contributed by atoms with Crippen molar-refractivity contribution in [1.82, 2.24) is 20.2 Å². The van der Waals surface area contributed by atoms with Crippen LogP contribution in [0.2, 0.25) is 0 Å². The largest absolute Gasteiger partial charge is 0.457 e. The molecule has 1 aliphatic rings. The number of fused-ring (bicyclic) bond motifs is 1. The van der Waals surface area contributed by atoms with Gasteiger partial charge in [-0.05, 0) is 61.4 Å². The number of thioether (sulfide) groups is 1. The molecule has 176 valence electrons. The molecule has 0 radical (unpaired) electrons. The van der Waals surface area contributed by atoms with Crippen molar-refractivity contribution in [1.29, 1.82) is 0 Å². The van der Waals surface area contributed by atoms with Gasteiger partial charge in [0.2, 0.25) is 5.91 Å². The van der Waals surface area contributed by atoms with Crippen LogP contribution < -0.4 is 20.9 Å². The van der Waals surface area contributed by atoms with Crippen LogP contribution in [0.3, 0.4) is 0 Å². The molecule has 1 aliphatic carbocycles. The Morgan fingerprint density at radius 1 is 0.943 bits per heavy atom. The molecule has 3 aromatic carbocycles. The highest BCUT2D eigenvalue weighted by atomic mass is 32.2. The fraction of sp³-hybridized carbons (Fsp3) is 0.154. The number of carbonyl (C=O) groups excluding carboxylic acids is 2. The van der Waals surface area contributed by atoms with Gasteiger partial charge in [-0.1, -0.05) is 42.1 Å². The fourth-order valence-electron chi connectivity index (χ4n) is 3.47. The van der Waals surface area contributed by atoms with Crippen molar-refractivity contribution >= 4 is 34.6 Å². The van der Waals surface area contributed by atoms with Crippen molar-refractivity contribution in [3.63, 3.8) is 0 Å². The number of nitrogens with zero attached hydrogens (tertiary/aromatic N) is 2. The summed E-state index contributed by atoms with van der Waals surface area (Å²) in [6.45, 7) is 0. The molecule has 0 saturated heterocycles. The van der Waals surface area contributed by atoms with Gasteiger partial charge < -0.3 is 10.1 Å². The number of rotatable bonds is 7. The number of urea groups is 1. The van der Waals surface area contributed by atoms with Gasteiger partial charge in [0.05, 0.1) is 22.3 Å². The van der Waals surface area contributed by atoms with Gasteiger partial charge in [0.15, 0.2) is 5.16 Å². The first kappa shape index (κ1) is 22.7. The second-order valence-corrected chi connectivity index (χ2v) is 8.99. The average molecular weight is 487 g/mol. The van der Waals surface area contributed by atoms with Crippen LogP contribution >= 0.6 is 11.8 Å². The van der Waals surface area contributed by atoms with E-state index in [0.717, 1.165) is 24.6 Å². The molecule has 0 unspecified atom stereocenters. The van der Waals surface area contributed by atoms with E-state index in [1.165, 1.54) is 4.57 Å². The molecule has 1 fully saturated rings. The SMILES string of the molecule is O=C(CSc1nc2ccccc2c(=O)n1-c1ccc(Oc2ccccc2)cc1)NC(=O)NC1CC1. The molecule has 35 heavy (non-hydrogen) atoms. The van der Waals surface area contributed by atoms with Crippen molar-refractivity contribution in [2.24, 2.45) is 0 Å². The van der Waals surface area contributed by atoms with E-state index in [0.29, 0.717) is 33.2 Å². The highest BCUT2D eigenvalue weighted by molar-refractivity contribution is 7.99. The lowest BCUT2D eigenvalue weighted by molar-refractivity contribution is -0.117. The summed E-state index contributed by atoms with van der Waals surface area (Å²) in [6.07, 6.45) is 1.86. The molecular formula is C26H22N4O4S. The number of hydrogen-bond acceptors (Lipinski definition) is 6. The minimum absolute atomic E-state index is 0.0714. The lowest BCUT2D eigenvalue weighted by atomic mass is 10.2. The van der Waals surface area contributed by atoms with Crippen molar-refractivity contribution in [3.8, 4) is 17.2 Å². The third kappa shape index (κ3) is 5.52. The second-order valence-electron chi connectivity index (χ2n) is 8.05. The summed E-state index contributed by atoms with van der Waals surface area (Å²) in [4.78, 5) is 42.2. The lowest BCUT2D eigenvalue weighted by Crippen LogP contribution is -2.41. The van der Waals surface area contributed by atoms with Crippen molar-refractivity contribution in [2.75, 3.05) is 5.75 Å². The number of hydrogen-bond donors (Lipinski definition) is 2. The van der Waals surface area contributed by atoms with Crippen molar-refractivity contribution in [3.05, 3.63) is 89.2 Å². The molecule has 9 heteroatoms. The maximum Gasteiger partial charge on any atom is 0.321 e. The van der Waals surface area contributed by atoms with Gasteiger partial charge in [-0.15, -0.1) is 0 Å². The number of carbonyl (C=O) groups is 2. The average Bonchev–Trinajstić information content (AvgIpc) is 3.68. The van der Waals surface area contributed by atoms with E-state index in [1.54, 1.807) is 48.5 Å². The minimum atomic E-state index is -0.504. The van der Waals surface area contributed by atoms with Gasteiger partial charge in [0.1, 0.15) is 11.5 Å². The van der Waals surface area contributed by atoms with Gasteiger partial charge in [-0.3, -0.25) is 19.5 Å². The summed E-state index contributed by atoms with van der Waals surface area (Å²) in [5.74, 6) is 0.793. The molecule has 0 aliphatic heterocycles. The standard InChI is InChI=1S/C26H22N4O4S/c31-23(29-25(33)27-17-10-11-17)16-35-26-28-22-9-5-4-8-21(22)24(32)30(26)18-12-14-20(15-13-18)34-19-6-2-1-3-7-19/h1-9,12-15,17H,10-11,16H2,(H2,27,29,31,33). The number of benzene rings is 3. The van der Waals surface area contributed by atoms with E-state index < -0.39 is 11.9 Å². The molecule has 3 amide bonds. The van der Waals surface area contributed by atoms with E-state index in [4.69, 9.17) is 4.74 Å². The number of ether oxygens (including phenoxy) is 1. The normalized spacial score (nSPS) is 12.8. The van der Waals surface area contributed by atoms with Crippen LogP contribution in [0, 0.1) is 0 Å². The van der Waals surface area contributed by atoms with E-state index in [1.807, 2.05) is 30.3 Å². The van der Waals surface area contributed by atoms with Crippen LogP contribution in [-0.2, 0) is 4.79 Å². The Bertz CT molecular complexity index is 1430. The number of imide groups is 1. The van der Waals surface area contributed by atoms with E-state index in [9.17, 15) is 14.4 Å². The van der Waals surface area contributed by atoms with Crippen LogP contribution in [0.5, 0.6) is 11.5 Å². The third-order valence-corrected chi connectivity index (χ3v) is 6.26. The maximum atomic E-state index is 13.4. The first-order valence-corrected chi connectivity index (χ1v) is 12.1. The Labute approximate surface area is 205 Å². The zero-order chi connectivity index (χ0) is 24.2. The molecule has 0 spiro atoms. The molecule has 0 bridgehead atoms. The monoisotopic (exact) mass is 486 g/mol. The Morgan fingerprint density at radius 2 is 1.63 bits per heavy atom. The summed E-state index contributed by atoms with van der Waals surface area (Å²) in [7, 11) is 0. The molecule has 1 aromatic heterocycles.